The maximum Gasteiger partial charge on any atom is 0.407 e. The standard InChI is InChI=1S/C24H24N4O5/c1-14(23(30)31)27-22(29)21(10-15-11-25-13-26-15)28-24(32)33-12-20-18-8-4-2-6-16(18)17-7-3-5-9-19(17)20/h2-9,11,13-14,20-21H,10,12H2,1H3,(H,25,26)(H,27,29)(H,28,32)(H,30,31)/t14-,21+/m1/s1. The van der Waals surface area contributed by atoms with Crippen LogP contribution in [0.25, 0.3) is 11.1 Å². The van der Waals surface area contributed by atoms with Gasteiger partial charge in [0.15, 0.2) is 0 Å². The molecule has 0 unspecified atom stereocenters. The van der Waals surface area contributed by atoms with Crippen molar-refractivity contribution in [1.82, 2.24) is 20.6 Å². The molecule has 1 aliphatic carbocycles. The Hall–Kier alpha value is -4.14. The zero-order chi connectivity index (χ0) is 23.4. The molecular formula is C24H24N4O5. The van der Waals surface area contributed by atoms with Gasteiger partial charge in [0, 0.05) is 24.2 Å². The number of carboxylic acid groups (broad SMARTS) is 1. The van der Waals surface area contributed by atoms with Crippen LogP contribution >= 0.6 is 0 Å². The normalized spacial score (nSPS) is 14.0. The first-order valence-corrected chi connectivity index (χ1v) is 10.6. The molecule has 0 radical (unpaired) electrons. The van der Waals surface area contributed by atoms with E-state index in [1.807, 2.05) is 48.5 Å². The third-order valence-electron chi connectivity index (χ3n) is 5.66. The number of aromatic nitrogens is 2. The molecule has 2 aromatic carbocycles. The number of carboxylic acids is 1. The van der Waals surface area contributed by atoms with Crippen molar-refractivity contribution in [2.45, 2.75) is 31.3 Å². The van der Waals surface area contributed by atoms with Crippen LogP contribution in [0.4, 0.5) is 4.79 Å². The topological polar surface area (TPSA) is 133 Å². The number of aromatic amines is 1. The van der Waals surface area contributed by atoms with Crippen LogP contribution in [0.15, 0.2) is 61.1 Å². The maximum absolute atomic E-state index is 12.6. The van der Waals surface area contributed by atoms with Crippen molar-refractivity contribution in [3.8, 4) is 11.1 Å². The number of nitrogens with one attached hydrogen (secondary N) is 3. The Morgan fingerprint density at radius 1 is 1.06 bits per heavy atom. The average Bonchev–Trinajstić information content (AvgIpc) is 3.43. The highest BCUT2D eigenvalue weighted by Gasteiger charge is 2.30. The number of rotatable bonds is 8. The van der Waals surface area contributed by atoms with Gasteiger partial charge in [0.25, 0.3) is 0 Å². The SMILES string of the molecule is C[C@@H](NC(=O)[C@H](Cc1cnc[nH]1)NC(=O)OCC1c2ccccc2-c2ccccc21)C(=O)O. The minimum atomic E-state index is -1.18. The van der Waals surface area contributed by atoms with Crippen LogP contribution in [0.5, 0.6) is 0 Å². The van der Waals surface area contributed by atoms with Gasteiger partial charge in [-0.15, -0.1) is 0 Å². The molecule has 0 saturated heterocycles. The Kier molecular flexibility index (Phi) is 6.39. The van der Waals surface area contributed by atoms with Crippen LogP contribution in [-0.2, 0) is 20.7 Å². The van der Waals surface area contributed by atoms with Gasteiger partial charge < -0.3 is 25.5 Å². The number of carbonyl (C=O) groups excluding carboxylic acids is 2. The molecule has 0 aliphatic heterocycles. The number of aliphatic carboxylic acids is 1. The van der Waals surface area contributed by atoms with E-state index in [1.54, 1.807) is 0 Å². The maximum atomic E-state index is 12.6. The van der Waals surface area contributed by atoms with E-state index in [-0.39, 0.29) is 18.9 Å². The predicted octanol–water partition coefficient (Wildman–Crippen LogP) is 2.45. The van der Waals surface area contributed by atoms with Gasteiger partial charge in [-0.3, -0.25) is 9.59 Å². The summed E-state index contributed by atoms with van der Waals surface area (Å²) in [4.78, 5) is 43.1. The largest absolute Gasteiger partial charge is 0.480 e. The zero-order valence-electron chi connectivity index (χ0n) is 17.9. The van der Waals surface area contributed by atoms with Crippen molar-refractivity contribution in [3.63, 3.8) is 0 Å². The molecule has 1 aliphatic rings. The van der Waals surface area contributed by atoms with Crippen molar-refractivity contribution >= 4 is 18.0 Å². The van der Waals surface area contributed by atoms with Gasteiger partial charge in [-0.05, 0) is 29.2 Å². The second-order valence-corrected chi connectivity index (χ2v) is 7.87. The summed E-state index contributed by atoms with van der Waals surface area (Å²) in [6.07, 6.45) is 2.32. The number of benzene rings is 2. The molecule has 4 rings (SSSR count). The molecule has 9 nitrogen and oxygen atoms in total. The number of nitrogens with zero attached hydrogens (tertiary/aromatic N) is 1. The van der Waals surface area contributed by atoms with Gasteiger partial charge in [-0.25, -0.2) is 9.78 Å². The smallest absolute Gasteiger partial charge is 0.407 e. The number of H-pyrrole nitrogens is 1. The van der Waals surface area contributed by atoms with Gasteiger partial charge in [0.05, 0.1) is 6.33 Å². The number of fused-ring (bicyclic) bond motifs is 3. The van der Waals surface area contributed by atoms with Crippen molar-refractivity contribution in [1.29, 1.82) is 0 Å². The number of hydrogen-bond donors (Lipinski definition) is 4. The highest BCUT2D eigenvalue weighted by molar-refractivity contribution is 5.89. The van der Waals surface area contributed by atoms with Gasteiger partial charge in [0.1, 0.15) is 18.7 Å². The first-order valence-electron chi connectivity index (χ1n) is 10.6. The van der Waals surface area contributed by atoms with Crippen molar-refractivity contribution in [2.75, 3.05) is 6.61 Å². The quantitative estimate of drug-likeness (QED) is 0.418. The summed E-state index contributed by atoms with van der Waals surface area (Å²) in [7, 11) is 0. The van der Waals surface area contributed by atoms with Gasteiger partial charge in [0.2, 0.25) is 5.91 Å². The van der Waals surface area contributed by atoms with Crippen LogP contribution < -0.4 is 10.6 Å². The van der Waals surface area contributed by atoms with Crippen LogP contribution in [0.2, 0.25) is 0 Å². The van der Waals surface area contributed by atoms with Gasteiger partial charge >= 0.3 is 12.1 Å². The molecule has 1 aromatic heterocycles. The fourth-order valence-corrected chi connectivity index (χ4v) is 3.98. The number of amides is 2. The third-order valence-corrected chi connectivity index (χ3v) is 5.66. The molecule has 9 heteroatoms. The van der Waals surface area contributed by atoms with Crippen LogP contribution in [0, 0.1) is 0 Å². The van der Waals surface area contributed by atoms with E-state index in [0.29, 0.717) is 5.69 Å². The number of alkyl carbamates (subject to hydrolysis) is 1. The molecule has 3 aromatic rings. The Morgan fingerprint density at radius 2 is 1.70 bits per heavy atom. The lowest BCUT2D eigenvalue weighted by Gasteiger charge is -2.20. The molecule has 0 spiro atoms. The third kappa shape index (κ3) is 4.87. The van der Waals surface area contributed by atoms with Crippen LogP contribution in [0.1, 0.15) is 29.7 Å². The lowest BCUT2D eigenvalue weighted by Crippen LogP contribution is -2.52. The summed E-state index contributed by atoms with van der Waals surface area (Å²) >= 11 is 0. The fourth-order valence-electron chi connectivity index (χ4n) is 3.98. The number of imidazole rings is 1. The summed E-state index contributed by atoms with van der Waals surface area (Å²) in [6, 6.07) is 13.8. The molecular weight excluding hydrogens is 424 g/mol. The van der Waals surface area contributed by atoms with Crippen molar-refractivity contribution in [2.24, 2.45) is 0 Å². The molecule has 0 fully saturated rings. The Bertz CT molecular complexity index is 1120. The fraction of sp³-hybridized carbons (Fsp3) is 0.250. The number of ether oxygens (including phenoxy) is 1. The van der Waals surface area contributed by atoms with Gasteiger partial charge in [-0.1, -0.05) is 48.5 Å². The average molecular weight is 448 g/mol. The molecule has 170 valence electrons. The predicted molar refractivity (Wildman–Crippen MR) is 120 cm³/mol. The highest BCUT2D eigenvalue weighted by atomic mass is 16.5. The second-order valence-electron chi connectivity index (χ2n) is 7.87. The first kappa shape index (κ1) is 22.1. The number of hydrogen-bond acceptors (Lipinski definition) is 5. The summed E-state index contributed by atoms with van der Waals surface area (Å²) in [5.41, 5.74) is 4.99. The minimum absolute atomic E-state index is 0.0996. The molecule has 2 atom stereocenters. The van der Waals surface area contributed by atoms with Crippen LogP contribution in [-0.4, -0.2) is 51.7 Å². The van der Waals surface area contributed by atoms with Crippen molar-refractivity contribution in [3.05, 3.63) is 77.9 Å². The Morgan fingerprint density at radius 3 is 2.27 bits per heavy atom. The molecule has 2 amide bonds. The molecule has 1 heterocycles. The summed E-state index contributed by atoms with van der Waals surface area (Å²) < 4.78 is 5.52. The van der Waals surface area contributed by atoms with E-state index in [1.165, 1.54) is 19.4 Å². The Balaban J connectivity index is 1.44. The van der Waals surface area contributed by atoms with E-state index in [2.05, 4.69) is 20.6 Å². The highest BCUT2D eigenvalue weighted by Crippen LogP contribution is 2.44. The van der Waals surface area contributed by atoms with E-state index in [4.69, 9.17) is 9.84 Å². The van der Waals surface area contributed by atoms with E-state index < -0.39 is 30.1 Å². The molecule has 33 heavy (non-hydrogen) atoms. The lowest BCUT2D eigenvalue weighted by atomic mass is 9.98. The molecule has 0 bridgehead atoms. The van der Waals surface area contributed by atoms with Crippen LogP contribution in [0.3, 0.4) is 0 Å². The number of carbonyl (C=O) groups is 3. The second kappa shape index (κ2) is 9.56. The van der Waals surface area contributed by atoms with E-state index >= 15 is 0 Å². The Labute approximate surface area is 190 Å². The monoisotopic (exact) mass is 448 g/mol. The zero-order valence-corrected chi connectivity index (χ0v) is 17.9. The van der Waals surface area contributed by atoms with Gasteiger partial charge in [-0.2, -0.15) is 0 Å². The molecule has 0 saturated carbocycles. The summed E-state index contributed by atoms with van der Waals surface area (Å²) in [5, 5.41) is 14.0. The molecule has 4 N–H and O–H groups in total. The lowest BCUT2D eigenvalue weighted by molar-refractivity contribution is -0.141. The summed E-state index contributed by atoms with van der Waals surface area (Å²) in [6.45, 7) is 1.45. The minimum Gasteiger partial charge on any atom is -0.480 e. The van der Waals surface area contributed by atoms with E-state index in [0.717, 1.165) is 22.3 Å². The summed E-state index contributed by atoms with van der Waals surface area (Å²) in [5.74, 6) is -1.92. The first-order chi connectivity index (χ1) is 15.9. The van der Waals surface area contributed by atoms with E-state index in [9.17, 15) is 14.4 Å². The van der Waals surface area contributed by atoms with Crippen molar-refractivity contribution < 1.29 is 24.2 Å².